The number of carbonyl (C=O) groups is 1. The van der Waals surface area contributed by atoms with Crippen molar-refractivity contribution in [1.82, 2.24) is 9.80 Å². The molecule has 0 aromatic heterocycles. The smallest absolute Gasteiger partial charge is 0.407 e. The molecule has 3 N–H and O–H groups in total. The molecule has 0 spiro atoms. The largest absolute Gasteiger partial charge is 0.465 e. The first-order valence-corrected chi connectivity index (χ1v) is 6.24. The zero-order chi connectivity index (χ0) is 14.0. The van der Waals surface area contributed by atoms with Crippen LogP contribution in [-0.4, -0.2) is 46.7 Å². The number of amides is 1. The monoisotopic (exact) mass is 267 g/mol. The van der Waals surface area contributed by atoms with Gasteiger partial charge in [-0.05, 0) is 13.0 Å². The lowest BCUT2D eigenvalue weighted by molar-refractivity contribution is 0.0707. The summed E-state index contributed by atoms with van der Waals surface area (Å²) >= 11 is 0. The van der Waals surface area contributed by atoms with E-state index in [9.17, 15) is 9.18 Å². The maximum atomic E-state index is 13.8. The highest BCUT2D eigenvalue weighted by Crippen LogP contribution is 2.18. The molecule has 0 radical (unpaired) electrons. The van der Waals surface area contributed by atoms with Crippen molar-refractivity contribution in [2.75, 3.05) is 25.4 Å². The quantitative estimate of drug-likeness (QED) is 0.798. The minimum Gasteiger partial charge on any atom is -0.465 e. The average molecular weight is 267 g/mol. The zero-order valence-corrected chi connectivity index (χ0v) is 10.8. The first-order valence-electron chi connectivity index (χ1n) is 6.24. The summed E-state index contributed by atoms with van der Waals surface area (Å²) < 4.78 is 13.8. The number of nitrogen functional groups attached to an aromatic ring is 1. The van der Waals surface area contributed by atoms with Gasteiger partial charge >= 0.3 is 6.09 Å². The van der Waals surface area contributed by atoms with E-state index in [1.807, 2.05) is 11.8 Å². The molecule has 0 aliphatic carbocycles. The summed E-state index contributed by atoms with van der Waals surface area (Å²) in [6.45, 7) is 3.95. The van der Waals surface area contributed by atoms with E-state index >= 15 is 0 Å². The Balaban J connectivity index is 2.02. The Kier molecular flexibility index (Phi) is 3.90. The van der Waals surface area contributed by atoms with Crippen molar-refractivity contribution < 1.29 is 14.3 Å². The van der Waals surface area contributed by atoms with Crippen LogP contribution in [0.1, 0.15) is 12.5 Å². The van der Waals surface area contributed by atoms with Gasteiger partial charge in [-0.15, -0.1) is 0 Å². The molecule has 5 nitrogen and oxygen atoms in total. The van der Waals surface area contributed by atoms with E-state index in [2.05, 4.69) is 0 Å². The van der Waals surface area contributed by atoms with E-state index in [-0.39, 0.29) is 17.5 Å². The van der Waals surface area contributed by atoms with Crippen molar-refractivity contribution >= 4 is 11.8 Å². The molecule has 6 heteroatoms. The van der Waals surface area contributed by atoms with E-state index < -0.39 is 6.09 Å². The van der Waals surface area contributed by atoms with E-state index in [0.29, 0.717) is 31.7 Å². The Morgan fingerprint density at radius 3 is 2.89 bits per heavy atom. The zero-order valence-electron chi connectivity index (χ0n) is 10.8. The van der Waals surface area contributed by atoms with Crippen molar-refractivity contribution in [2.45, 2.75) is 19.5 Å². The molecule has 0 saturated carbocycles. The third kappa shape index (κ3) is 2.96. The van der Waals surface area contributed by atoms with E-state index in [1.54, 1.807) is 12.1 Å². The maximum Gasteiger partial charge on any atom is 0.407 e. The van der Waals surface area contributed by atoms with Crippen molar-refractivity contribution in [2.24, 2.45) is 0 Å². The van der Waals surface area contributed by atoms with Crippen LogP contribution in [0.4, 0.5) is 14.9 Å². The van der Waals surface area contributed by atoms with Gasteiger partial charge in [0.15, 0.2) is 5.82 Å². The fraction of sp³-hybridized carbons (Fsp3) is 0.462. The fourth-order valence-electron chi connectivity index (χ4n) is 2.42. The van der Waals surface area contributed by atoms with Gasteiger partial charge in [0.1, 0.15) is 0 Å². The van der Waals surface area contributed by atoms with Crippen LogP contribution in [0.3, 0.4) is 0 Å². The Morgan fingerprint density at radius 1 is 1.53 bits per heavy atom. The number of hydrogen-bond acceptors (Lipinski definition) is 3. The van der Waals surface area contributed by atoms with E-state index in [0.717, 1.165) is 0 Å². The predicted octanol–water partition coefficient (Wildman–Crippen LogP) is 1.59. The van der Waals surface area contributed by atoms with Crippen LogP contribution in [-0.2, 0) is 6.54 Å². The number of nitrogens with two attached hydrogens (primary N) is 1. The summed E-state index contributed by atoms with van der Waals surface area (Å²) in [5.74, 6) is -0.379. The molecule has 1 heterocycles. The molecule has 2 rings (SSSR count). The standard InChI is InChI=1S/C13H18FN3O2/c1-9-7-16(5-6-17(9)13(18)19)8-10-3-2-4-11(15)12(10)14/h2-4,9H,5-8,15H2,1H3,(H,18,19). The van der Waals surface area contributed by atoms with Crippen LogP contribution in [0.25, 0.3) is 0 Å². The number of carboxylic acid groups (broad SMARTS) is 1. The van der Waals surface area contributed by atoms with Crippen molar-refractivity contribution in [3.05, 3.63) is 29.6 Å². The molecular formula is C13H18FN3O2. The van der Waals surface area contributed by atoms with Gasteiger partial charge < -0.3 is 15.7 Å². The number of benzene rings is 1. The molecule has 0 bridgehead atoms. The van der Waals surface area contributed by atoms with Crippen molar-refractivity contribution in [3.63, 3.8) is 0 Å². The van der Waals surface area contributed by atoms with Crippen molar-refractivity contribution in [1.29, 1.82) is 0 Å². The van der Waals surface area contributed by atoms with Gasteiger partial charge in [-0.3, -0.25) is 4.90 Å². The van der Waals surface area contributed by atoms with Gasteiger partial charge in [0.05, 0.1) is 5.69 Å². The van der Waals surface area contributed by atoms with Gasteiger partial charge in [0.25, 0.3) is 0 Å². The minimum atomic E-state index is -0.901. The lowest BCUT2D eigenvalue weighted by Crippen LogP contribution is -2.53. The molecule has 104 valence electrons. The van der Waals surface area contributed by atoms with E-state index in [4.69, 9.17) is 10.8 Å². The fourth-order valence-corrected chi connectivity index (χ4v) is 2.42. The Bertz CT molecular complexity index is 481. The number of anilines is 1. The van der Waals surface area contributed by atoms with Crippen LogP contribution >= 0.6 is 0 Å². The lowest BCUT2D eigenvalue weighted by Gasteiger charge is -2.38. The molecule has 1 aliphatic heterocycles. The Hall–Kier alpha value is -1.82. The van der Waals surface area contributed by atoms with Crippen LogP contribution in [0.5, 0.6) is 0 Å². The number of piperazine rings is 1. The Morgan fingerprint density at radius 2 is 2.26 bits per heavy atom. The van der Waals surface area contributed by atoms with Gasteiger partial charge in [0, 0.05) is 37.8 Å². The molecule has 1 saturated heterocycles. The third-order valence-electron chi connectivity index (χ3n) is 3.46. The summed E-state index contributed by atoms with van der Waals surface area (Å²) in [4.78, 5) is 14.4. The highest BCUT2D eigenvalue weighted by Gasteiger charge is 2.27. The lowest BCUT2D eigenvalue weighted by atomic mass is 10.1. The Labute approximate surface area is 111 Å². The molecule has 19 heavy (non-hydrogen) atoms. The number of nitrogens with zero attached hydrogens (tertiary/aromatic N) is 2. The highest BCUT2D eigenvalue weighted by atomic mass is 19.1. The van der Waals surface area contributed by atoms with Gasteiger partial charge in [-0.25, -0.2) is 9.18 Å². The van der Waals surface area contributed by atoms with E-state index in [1.165, 1.54) is 11.0 Å². The predicted molar refractivity (Wildman–Crippen MR) is 70.3 cm³/mol. The average Bonchev–Trinajstić information content (AvgIpc) is 2.34. The van der Waals surface area contributed by atoms with Gasteiger partial charge in [-0.1, -0.05) is 12.1 Å². The molecule has 1 aliphatic rings. The number of halogens is 1. The first-order chi connectivity index (χ1) is 8.99. The van der Waals surface area contributed by atoms with Crippen LogP contribution in [0.15, 0.2) is 18.2 Å². The second-order valence-corrected chi connectivity index (χ2v) is 4.88. The second kappa shape index (κ2) is 5.44. The van der Waals surface area contributed by atoms with Gasteiger partial charge in [-0.2, -0.15) is 0 Å². The second-order valence-electron chi connectivity index (χ2n) is 4.88. The van der Waals surface area contributed by atoms with Gasteiger partial charge in [0.2, 0.25) is 0 Å². The summed E-state index contributed by atoms with van der Waals surface area (Å²) in [6.07, 6.45) is -0.901. The summed E-state index contributed by atoms with van der Waals surface area (Å²) in [5.41, 5.74) is 6.24. The topological polar surface area (TPSA) is 69.8 Å². The molecule has 1 amide bonds. The van der Waals surface area contributed by atoms with Crippen LogP contribution in [0.2, 0.25) is 0 Å². The first kappa shape index (κ1) is 13.6. The maximum absolute atomic E-state index is 13.8. The molecule has 1 fully saturated rings. The molecule has 1 aromatic carbocycles. The molecule has 1 atom stereocenters. The highest BCUT2D eigenvalue weighted by molar-refractivity contribution is 5.65. The SMILES string of the molecule is CC1CN(Cc2cccc(N)c2F)CCN1C(=O)O. The molecule has 1 unspecified atom stereocenters. The molecule has 1 aromatic rings. The van der Waals surface area contributed by atoms with Crippen LogP contribution < -0.4 is 5.73 Å². The summed E-state index contributed by atoms with van der Waals surface area (Å²) in [6, 6.07) is 4.88. The molecular weight excluding hydrogens is 249 g/mol. The number of hydrogen-bond donors (Lipinski definition) is 2. The summed E-state index contributed by atoms with van der Waals surface area (Å²) in [5, 5.41) is 9.00. The summed E-state index contributed by atoms with van der Waals surface area (Å²) in [7, 11) is 0. The van der Waals surface area contributed by atoms with Crippen LogP contribution in [0, 0.1) is 5.82 Å². The number of rotatable bonds is 2. The van der Waals surface area contributed by atoms with Crippen molar-refractivity contribution in [3.8, 4) is 0 Å². The third-order valence-corrected chi connectivity index (χ3v) is 3.46. The normalized spacial score (nSPS) is 20.5. The minimum absolute atomic E-state index is 0.0876.